The second-order valence-electron chi connectivity index (χ2n) is 0.920. The van der Waals surface area contributed by atoms with E-state index in [4.69, 9.17) is 15.2 Å². The van der Waals surface area contributed by atoms with Crippen LogP contribution in [0.1, 0.15) is 6.92 Å². The molecule has 0 aromatic heterocycles. The van der Waals surface area contributed by atoms with E-state index >= 15 is 0 Å². The van der Waals surface area contributed by atoms with Crippen LogP contribution >= 0.6 is 0 Å². The third kappa shape index (κ3) is 54.2. The van der Waals surface area contributed by atoms with Gasteiger partial charge < -0.3 is 10.3 Å². The summed E-state index contributed by atoms with van der Waals surface area (Å²) >= 11 is 0. The molecule has 9 heavy (non-hydrogen) atoms. The van der Waals surface area contributed by atoms with E-state index in [1.54, 1.807) is 6.92 Å². The fraction of sp³-hybridized carbons (Fsp3) is 0.250. The van der Waals surface area contributed by atoms with Crippen LogP contribution in [0, 0.1) is 4.91 Å². The zero-order valence-electron chi connectivity index (χ0n) is 4.81. The summed E-state index contributed by atoms with van der Waals surface area (Å²) in [7, 11) is 0. The maximum Gasteiger partial charge on any atom is 0.327 e. The summed E-state index contributed by atoms with van der Waals surface area (Å²) in [5.41, 5.74) is 0. The smallest absolute Gasteiger partial charge is 0.327 e. The SMILES string of the molecule is CC=CC(=O)O.O=NO. The van der Waals surface area contributed by atoms with Gasteiger partial charge in [-0.3, -0.25) is 0 Å². The fourth-order valence-corrected chi connectivity index (χ4v) is 0.143. The van der Waals surface area contributed by atoms with Crippen molar-refractivity contribution in [3.8, 4) is 0 Å². The van der Waals surface area contributed by atoms with Gasteiger partial charge in [0.15, 0.2) is 5.34 Å². The highest BCUT2D eigenvalue weighted by Gasteiger charge is 1.76. The Balaban J connectivity index is 0. The molecule has 0 saturated heterocycles. The molecule has 0 heterocycles. The van der Waals surface area contributed by atoms with E-state index in [0.717, 1.165) is 6.08 Å². The van der Waals surface area contributed by atoms with Crippen molar-refractivity contribution in [2.75, 3.05) is 0 Å². The number of hydrogen-bond donors (Lipinski definition) is 2. The molecule has 52 valence electrons. The van der Waals surface area contributed by atoms with Crippen LogP contribution in [0.5, 0.6) is 0 Å². The Bertz CT molecular complexity index is 109. The van der Waals surface area contributed by atoms with Crippen LogP contribution in [0.15, 0.2) is 17.5 Å². The van der Waals surface area contributed by atoms with Gasteiger partial charge in [0.1, 0.15) is 0 Å². The lowest BCUT2D eigenvalue weighted by atomic mass is 10.5. The Morgan fingerprint density at radius 3 is 2.00 bits per heavy atom. The highest BCUT2D eigenvalue weighted by molar-refractivity contribution is 5.79. The second kappa shape index (κ2) is 9.79. The van der Waals surface area contributed by atoms with Gasteiger partial charge in [-0.1, -0.05) is 6.08 Å². The van der Waals surface area contributed by atoms with Crippen LogP contribution < -0.4 is 0 Å². The van der Waals surface area contributed by atoms with Gasteiger partial charge in [0.25, 0.3) is 0 Å². The monoisotopic (exact) mass is 133 g/mol. The van der Waals surface area contributed by atoms with Crippen LogP contribution in [-0.4, -0.2) is 16.3 Å². The van der Waals surface area contributed by atoms with Gasteiger partial charge in [0.05, 0.1) is 0 Å². The lowest BCUT2D eigenvalue weighted by Gasteiger charge is -1.68. The number of hydrogen-bond acceptors (Lipinski definition) is 3. The summed E-state index contributed by atoms with van der Waals surface area (Å²) in [5.74, 6) is -0.891. The average molecular weight is 133 g/mol. The Morgan fingerprint density at radius 1 is 1.67 bits per heavy atom. The minimum absolute atomic E-state index is 0.891. The van der Waals surface area contributed by atoms with E-state index in [2.05, 4.69) is 0 Å². The molecule has 5 heteroatoms. The quantitative estimate of drug-likeness (QED) is 0.314. The number of carboxylic acids is 1. The molecule has 0 aromatic carbocycles. The summed E-state index contributed by atoms with van der Waals surface area (Å²) in [4.78, 5) is 17.6. The second-order valence-corrected chi connectivity index (χ2v) is 0.920. The molecule has 0 aliphatic carbocycles. The molecule has 5 nitrogen and oxygen atoms in total. The van der Waals surface area contributed by atoms with E-state index in [-0.39, 0.29) is 0 Å². The van der Waals surface area contributed by atoms with Gasteiger partial charge in [-0.15, -0.1) is 4.91 Å². The summed E-state index contributed by atoms with van der Waals surface area (Å²) in [6, 6.07) is 0. The minimum atomic E-state index is -0.891. The van der Waals surface area contributed by atoms with E-state index in [1.807, 2.05) is 0 Å². The Kier molecular flexibility index (Phi) is 11.5. The van der Waals surface area contributed by atoms with Crippen molar-refractivity contribution in [2.24, 2.45) is 5.34 Å². The van der Waals surface area contributed by atoms with Crippen molar-refractivity contribution in [3.63, 3.8) is 0 Å². The first kappa shape index (κ1) is 10.6. The van der Waals surface area contributed by atoms with Crippen LogP contribution in [0.3, 0.4) is 0 Å². The molecule has 0 saturated carbocycles. The van der Waals surface area contributed by atoms with E-state index < -0.39 is 5.97 Å². The van der Waals surface area contributed by atoms with Crippen molar-refractivity contribution in [3.05, 3.63) is 17.1 Å². The van der Waals surface area contributed by atoms with Gasteiger partial charge in [-0.2, -0.15) is 0 Å². The zero-order chi connectivity index (χ0) is 7.70. The minimum Gasteiger partial charge on any atom is -0.478 e. The van der Waals surface area contributed by atoms with Gasteiger partial charge in [-0.05, 0) is 6.92 Å². The lowest BCUT2D eigenvalue weighted by molar-refractivity contribution is -0.131. The molecular weight excluding hydrogens is 126 g/mol. The predicted octanol–water partition coefficient (Wildman–Crippen LogP) is 0.789. The molecule has 0 aliphatic rings. The molecule has 0 bridgehead atoms. The Hall–Kier alpha value is -1.39. The Labute approximate surface area is 51.5 Å². The molecular formula is C4H7NO4. The van der Waals surface area contributed by atoms with Crippen molar-refractivity contribution in [1.29, 1.82) is 0 Å². The maximum atomic E-state index is 9.51. The topological polar surface area (TPSA) is 87.0 Å². The van der Waals surface area contributed by atoms with Crippen molar-refractivity contribution >= 4 is 5.97 Å². The molecule has 0 fully saturated rings. The number of carboxylic acid groups (broad SMARTS) is 1. The maximum absolute atomic E-state index is 9.51. The highest BCUT2D eigenvalue weighted by Crippen LogP contribution is 1.65. The first-order valence-corrected chi connectivity index (χ1v) is 2.01. The summed E-state index contributed by atoms with van der Waals surface area (Å²) < 4.78 is 0. The van der Waals surface area contributed by atoms with Gasteiger partial charge in [-0.25, -0.2) is 4.79 Å². The highest BCUT2D eigenvalue weighted by atomic mass is 16.6. The van der Waals surface area contributed by atoms with E-state index in [9.17, 15) is 4.79 Å². The van der Waals surface area contributed by atoms with Crippen LogP contribution in [0.25, 0.3) is 0 Å². The molecule has 0 radical (unpaired) electrons. The molecule has 0 unspecified atom stereocenters. The van der Waals surface area contributed by atoms with Crippen molar-refractivity contribution < 1.29 is 15.1 Å². The molecule has 0 spiro atoms. The molecule has 0 aromatic rings. The van der Waals surface area contributed by atoms with Crippen molar-refractivity contribution in [2.45, 2.75) is 6.92 Å². The van der Waals surface area contributed by atoms with E-state index in [0.29, 0.717) is 0 Å². The number of carbonyl (C=O) groups is 1. The van der Waals surface area contributed by atoms with Crippen LogP contribution in [-0.2, 0) is 4.79 Å². The standard InChI is InChI=1S/C4H6O2.HNO2/c1-2-3-4(5)6;2-1-3/h2-3H,1H3,(H,5,6);(H,2,3). The number of allylic oxidation sites excluding steroid dienone is 1. The van der Waals surface area contributed by atoms with Gasteiger partial charge >= 0.3 is 5.97 Å². The Morgan fingerprint density at radius 2 is 2.00 bits per heavy atom. The number of nitrogens with zero attached hydrogens (tertiary/aromatic N) is 1. The summed E-state index contributed by atoms with van der Waals surface area (Å²) in [6.45, 7) is 1.66. The molecule has 0 rings (SSSR count). The summed E-state index contributed by atoms with van der Waals surface area (Å²) in [6.07, 6.45) is 2.56. The predicted molar refractivity (Wildman–Crippen MR) is 30.0 cm³/mol. The molecule has 2 N–H and O–H groups in total. The van der Waals surface area contributed by atoms with Crippen molar-refractivity contribution in [1.82, 2.24) is 0 Å². The van der Waals surface area contributed by atoms with Gasteiger partial charge in [0.2, 0.25) is 0 Å². The molecule has 0 aliphatic heterocycles. The van der Waals surface area contributed by atoms with E-state index in [1.165, 1.54) is 11.4 Å². The first-order chi connectivity index (χ1) is 4.18. The van der Waals surface area contributed by atoms with Crippen LogP contribution in [0.4, 0.5) is 0 Å². The van der Waals surface area contributed by atoms with Crippen LogP contribution in [0.2, 0.25) is 0 Å². The molecule has 0 amide bonds. The fourth-order valence-electron chi connectivity index (χ4n) is 0.143. The third-order valence-corrected chi connectivity index (χ3v) is 0.309. The molecule has 0 atom stereocenters. The zero-order valence-corrected chi connectivity index (χ0v) is 4.81. The average Bonchev–Trinajstić information content (AvgIpc) is 1.67. The van der Waals surface area contributed by atoms with Gasteiger partial charge in [0, 0.05) is 6.08 Å². The number of rotatable bonds is 1. The number of aliphatic carboxylic acids is 1. The third-order valence-electron chi connectivity index (χ3n) is 0.309. The lowest BCUT2D eigenvalue weighted by Crippen LogP contribution is -1.83. The normalized spacial score (nSPS) is 7.67. The summed E-state index contributed by atoms with van der Waals surface area (Å²) in [5, 5.41) is 15.7. The largest absolute Gasteiger partial charge is 0.478 e. The first-order valence-electron chi connectivity index (χ1n) is 2.01.